The predicted molar refractivity (Wildman–Crippen MR) is 123 cm³/mol. The molecule has 3 aliphatic heterocycles. The molecule has 5 rings (SSSR count). The maximum Gasteiger partial charge on any atom is 0.222 e. The normalized spacial score (nSPS) is 30.3. The molecule has 178 valence electrons. The standard InChI is InChI=1S/C24H36N2O5S/c1-32(28,29)25-22-8-5-14-26-23(22)17-31-20-12-10-18(11-13-20)19-6-4-7-21(16-19)30-15-3-2-9-24(26)27/h4,6-7,16,18,20,22-23,25H,2-3,5,8-15,17H2,1H3. The van der Waals surface area contributed by atoms with Crippen LogP contribution in [-0.4, -0.2) is 63.4 Å². The zero-order valence-electron chi connectivity index (χ0n) is 19.0. The molecule has 0 spiro atoms. The summed E-state index contributed by atoms with van der Waals surface area (Å²) in [7, 11) is -3.36. The Morgan fingerprint density at radius 1 is 1.06 bits per heavy atom. The van der Waals surface area contributed by atoms with Gasteiger partial charge in [0.1, 0.15) is 5.75 Å². The second-order valence-corrected chi connectivity index (χ2v) is 11.3. The maximum atomic E-state index is 13.1. The molecular weight excluding hydrogens is 428 g/mol. The lowest BCUT2D eigenvalue weighted by Gasteiger charge is -2.42. The largest absolute Gasteiger partial charge is 0.494 e. The van der Waals surface area contributed by atoms with Crippen LogP contribution in [0.15, 0.2) is 24.3 Å². The van der Waals surface area contributed by atoms with Crippen LogP contribution in [0, 0.1) is 0 Å². The lowest BCUT2D eigenvalue weighted by atomic mass is 9.82. The number of nitrogens with one attached hydrogen (secondary N) is 1. The van der Waals surface area contributed by atoms with Crippen LogP contribution in [0.1, 0.15) is 69.3 Å². The molecule has 3 heterocycles. The fourth-order valence-corrected chi connectivity index (χ4v) is 6.18. The number of carbonyl (C=O) groups is 1. The fraction of sp³-hybridized carbons (Fsp3) is 0.708. The Labute approximate surface area is 191 Å². The minimum absolute atomic E-state index is 0.0774. The average Bonchev–Trinajstić information content (AvgIpc) is 2.77. The van der Waals surface area contributed by atoms with Crippen molar-refractivity contribution >= 4 is 15.9 Å². The van der Waals surface area contributed by atoms with Gasteiger partial charge in [-0.05, 0) is 75.0 Å². The molecule has 4 bridgehead atoms. The SMILES string of the molecule is CS(=O)(=O)NC1CCCN2C(=O)CCCCOc3cccc(c3)C3CCC(CC3)OCC12. The van der Waals surface area contributed by atoms with Crippen molar-refractivity contribution in [3.05, 3.63) is 29.8 Å². The van der Waals surface area contributed by atoms with Gasteiger partial charge in [0.25, 0.3) is 0 Å². The van der Waals surface area contributed by atoms with E-state index in [2.05, 4.69) is 22.9 Å². The number of hydrogen-bond acceptors (Lipinski definition) is 5. The van der Waals surface area contributed by atoms with E-state index in [1.165, 1.54) is 11.8 Å². The molecular formula is C24H36N2O5S. The Hall–Kier alpha value is -1.64. The molecule has 2 atom stereocenters. The number of nitrogens with zero attached hydrogens (tertiary/aromatic N) is 1. The third-order valence-corrected chi connectivity index (χ3v) is 7.76. The molecule has 7 nitrogen and oxygen atoms in total. The summed E-state index contributed by atoms with van der Waals surface area (Å²) >= 11 is 0. The fourth-order valence-electron chi connectivity index (χ4n) is 5.35. The lowest BCUT2D eigenvalue weighted by Crippen LogP contribution is -2.59. The van der Waals surface area contributed by atoms with Crippen LogP contribution in [0.2, 0.25) is 0 Å². The Balaban J connectivity index is 1.51. The predicted octanol–water partition coefficient (Wildman–Crippen LogP) is 3.20. The molecule has 8 heteroatoms. The first kappa shape index (κ1) is 23.5. The van der Waals surface area contributed by atoms with E-state index in [1.807, 2.05) is 11.0 Å². The molecule has 2 unspecified atom stereocenters. The monoisotopic (exact) mass is 464 g/mol. The number of benzene rings is 1. The van der Waals surface area contributed by atoms with Crippen LogP contribution in [0.4, 0.5) is 0 Å². The Kier molecular flexibility index (Phi) is 7.74. The van der Waals surface area contributed by atoms with E-state index < -0.39 is 10.0 Å². The van der Waals surface area contributed by atoms with Crippen LogP contribution in [-0.2, 0) is 19.6 Å². The molecule has 0 radical (unpaired) electrons. The summed E-state index contributed by atoms with van der Waals surface area (Å²) in [4.78, 5) is 14.9. The highest BCUT2D eigenvalue weighted by Crippen LogP contribution is 2.35. The van der Waals surface area contributed by atoms with Crippen LogP contribution in [0.25, 0.3) is 0 Å². The van der Waals surface area contributed by atoms with Gasteiger partial charge in [-0.2, -0.15) is 0 Å². The van der Waals surface area contributed by atoms with Crippen LogP contribution >= 0.6 is 0 Å². The minimum Gasteiger partial charge on any atom is -0.494 e. The first-order chi connectivity index (χ1) is 15.4. The van der Waals surface area contributed by atoms with Gasteiger partial charge in [0.2, 0.25) is 15.9 Å². The number of fused-ring (bicyclic) bond motifs is 8. The summed E-state index contributed by atoms with van der Waals surface area (Å²) in [5.74, 6) is 1.50. The molecule has 1 saturated carbocycles. The second-order valence-electron chi connectivity index (χ2n) is 9.48. The number of piperidine rings is 1. The highest BCUT2D eigenvalue weighted by atomic mass is 32.2. The topological polar surface area (TPSA) is 84.9 Å². The van der Waals surface area contributed by atoms with Gasteiger partial charge in [0.05, 0.1) is 31.6 Å². The van der Waals surface area contributed by atoms with Crippen molar-refractivity contribution in [2.45, 2.75) is 81.9 Å². The van der Waals surface area contributed by atoms with E-state index >= 15 is 0 Å². The van der Waals surface area contributed by atoms with Crippen molar-refractivity contribution in [1.29, 1.82) is 0 Å². The molecule has 4 aliphatic rings. The van der Waals surface area contributed by atoms with E-state index in [1.54, 1.807) is 0 Å². The lowest BCUT2D eigenvalue weighted by molar-refractivity contribution is -0.138. The van der Waals surface area contributed by atoms with Crippen LogP contribution in [0.3, 0.4) is 0 Å². The number of rotatable bonds is 2. The Morgan fingerprint density at radius 2 is 1.88 bits per heavy atom. The number of amides is 1. The summed E-state index contributed by atoms with van der Waals surface area (Å²) in [5.41, 5.74) is 1.33. The van der Waals surface area contributed by atoms with Gasteiger partial charge < -0.3 is 14.4 Å². The summed E-state index contributed by atoms with van der Waals surface area (Å²) < 4.78 is 39.0. The molecule has 1 saturated heterocycles. The van der Waals surface area contributed by atoms with E-state index in [-0.39, 0.29) is 24.1 Å². The molecule has 0 aromatic heterocycles. The van der Waals surface area contributed by atoms with E-state index in [0.29, 0.717) is 32.1 Å². The third kappa shape index (κ3) is 6.23. The summed E-state index contributed by atoms with van der Waals surface area (Å²) in [6.45, 7) is 1.63. The van der Waals surface area contributed by atoms with Gasteiger partial charge in [-0.15, -0.1) is 0 Å². The summed E-state index contributed by atoms with van der Waals surface area (Å²) in [6.07, 6.45) is 8.92. The van der Waals surface area contributed by atoms with Gasteiger partial charge in [0.15, 0.2) is 0 Å². The summed E-state index contributed by atoms with van der Waals surface area (Å²) in [6, 6.07) is 7.86. The quantitative estimate of drug-likeness (QED) is 0.727. The van der Waals surface area contributed by atoms with Crippen molar-refractivity contribution < 1.29 is 22.7 Å². The van der Waals surface area contributed by atoms with E-state index in [4.69, 9.17) is 9.47 Å². The molecule has 1 amide bonds. The molecule has 1 N–H and O–H groups in total. The Morgan fingerprint density at radius 3 is 2.66 bits per heavy atom. The number of ether oxygens (including phenoxy) is 2. The average molecular weight is 465 g/mol. The van der Waals surface area contributed by atoms with Crippen LogP contribution in [0.5, 0.6) is 5.75 Å². The molecule has 1 aliphatic carbocycles. The van der Waals surface area contributed by atoms with Crippen molar-refractivity contribution in [1.82, 2.24) is 9.62 Å². The molecule has 1 aromatic rings. The zero-order valence-corrected chi connectivity index (χ0v) is 19.8. The van der Waals surface area contributed by atoms with Crippen molar-refractivity contribution in [2.75, 3.05) is 26.0 Å². The molecule has 2 fully saturated rings. The number of sulfonamides is 1. The first-order valence-corrected chi connectivity index (χ1v) is 13.9. The second kappa shape index (κ2) is 10.5. The van der Waals surface area contributed by atoms with E-state index in [0.717, 1.165) is 57.1 Å². The summed E-state index contributed by atoms with van der Waals surface area (Å²) in [5, 5.41) is 0. The van der Waals surface area contributed by atoms with Gasteiger partial charge in [-0.3, -0.25) is 4.79 Å². The van der Waals surface area contributed by atoms with Crippen molar-refractivity contribution in [3.8, 4) is 5.75 Å². The van der Waals surface area contributed by atoms with Gasteiger partial charge in [-0.1, -0.05) is 12.1 Å². The molecule has 1 aromatic carbocycles. The van der Waals surface area contributed by atoms with Gasteiger partial charge in [0, 0.05) is 19.0 Å². The first-order valence-electron chi connectivity index (χ1n) is 12.0. The highest BCUT2D eigenvalue weighted by molar-refractivity contribution is 7.88. The van der Waals surface area contributed by atoms with Crippen molar-refractivity contribution in [2.24, 2.45) is 0 Å². The number of hydrogen-bond donors (Lipinski definition) is 1. The number of carbonyl (C=O) groups excluding carboxylic acids is 1. The van der Waals surface area contributed by atoms with Crippen LogP contribution < -0.4 is 9.46 Å². The maximum absolute atomic E-state index is 13.1. The molecule has 32 heavy (non-hydrogen) atoms. The third-order valence-electron chi connectivity index (χ3n) is 7.02. The Bertz CT molecular complexity index is 882. The van der Waals surface area contributed by atoms with Gasteiger partial charge in [-0.25, -0.2) is 13.1 Å². The van der Waals surface area contributed by atoms with E-state index in [9.17, 15) is 13.2 Å². The van der Waals surface area contributed by atoms with Gasteiger partial charge >= 0.3 is 0 Å². The highest BCUT2D eigenvalue weighted by Gasteiger charge is 2.36. The zero-order chi connectivity index (χ0) is 22.6. The minimum atomic E-state index is -3.36. The van der Waals surface area contributed by atoms with Crippen molar-refractivity contribution in [3.63, 3.8) is 0 Å². The smallest absolute Gasteiger partial charge is 0.222 e.